The minimum absolute atomic E-state index is 0.0105. The second-order valence-electron chi connectivity index (χ2n) is 5.39. The summed E-state index contributed by atoms with van der Waals surface area (Å²) in [5, 5.41) is 9.19. The summed E-state index contributed by atoms with van der Waals surface area (Å²) in [5.41, 5.74) is 0. The fourth-order valence-electron chi connectivity index (χ4n) is 3.12. The normalized spacial score (nSPS) is 38.9. The number of fused-ring (bicyclic) bond motifs is 2. The molecule has 2 aliphatic rings. The quantitative estimate of drug-likeness (QED) is 0.776. The van der Waals surface area contributed by atoms with Crippen molar-refractivity contribution in [3.8, 4) is 0 Å². The van der Waals surface area contributed by atoms with Gasteiger partial charge in [0, 0.05) is 6.61 Å². The Labute approximate surface area is 90.8 Å². The number of rotatable bonds is 4. The molecule has 3 heteroatoms. The molecule has 2 rings (SSSR count). The Morgan fingerprint density at radius 1 is 1.40 bits per heavy atom. The summed E-state index contributed by atoms with van der Waals surface area (Å²) >= 11 is 0. The van der Waals surface area contributed by atoms with Gasteiger partial charge in [-0.25, -0.2) is 0 Å². The third-order valence-electron chi connectivity index (χ3n) is 3.75. The van der Waals surface area contributed by atoms with Crippen molar-refractivity contribution in [2.24, 2.45) is 23.7 Å². The minimum atomic E-state index is -0.657. The van der Waals surface area contributed by atoms with E-state index in [1.165, 1.54) is 0 Å². The zero-order chi connectivity index (χ0) is 11.0. The zero-order valence-electron chi connectivity index (χ0n) is 9.48. The van der Waals surface area contributed by atoms with E-state index in [2.05, 4.69) is 13.8 Å². The molecule has 0 heterocycles. The van der Waals surface area contributed by atoms with E-state index in [1.54, 1.807) is 0 Å². The van der Waals surface area contributed by atoms with Gasteiger partial charge in [0.1, 0.15) is 0 Å². The third kappa shape index (κ3) is 2.03. The Bertz CT molecular complexity index is 249. The highest BCUT2D eigenvalue weighted by Crippen LogP contribution is 2.49. The lowest BCUT2D eigenvalue weighted by molar-refractivity contribution is -0.151. The SMILES string of the molecule is CC(C)COC1C2CCC(C2)C1C(=O)O. The fraction of sp³-hybridized carbons (Fsp3) is 0.917. The van der Waals surface area contributed by atoms with Gasteiger partial charge in [0.2, 0.25) is 0 Å². The van der Waals surface area contributed by atoms with E-state index < -0.39 is 5.97 Å². The van der Waals surface area contributed by atoms with Gasteiger partial charge < -0.3 is 9.84 Å². The van der Waals surface area contributed by atoms with Gasteiger partial charge in [-0.3, -0.25) is 4.79 Å². The van der Waals surface area contributed by atoms with Gasteiger partial charge >= 0.3 is 5.97 Å². The molecule has 15 heavy (non-hydrogen) atoms. The molecule has 0 amide bonds. The molecule has 0 radical (unpaired) electrons. The molecule has 2 bridgehead atoms. The van der Waals surface area contributed by atoms with Crippen molar-refractivity contribution >= 4 is 5.97 Å². The number of ether oxygens (including phenoxy) is 1. The number of aliphatic carboxylic acids is 1. The molecule has 2 aliphatic carbocycles. The van der Waals surface area contributed by atoms with E-state index in [0.717, 1.165) is 19.3 Å². The van der Waals surface area contributed by atoms with Crippen molar-refractivity contribution in [3.05, 3.63) is 0 Å². The molecular weight excluding hydrogens is 192 g/mol. The van der Waals surface area contributed by atoms with Gasteiger partial charge in [-0.05, 0) is 37.0 Å². The van der Waals surface area contributed by atoms with Crippen molar-refractivity contribution in [1.29, 1.82) is 0 Å². The molecule has 1 N–H and O–H groups in total. The maximum Gasteiger partial charge on any atom is 0.309 e. The van der Waals surface area contributed by atoms with E-state index in [1.807, 2.05) is 0 Å². The Hall–Kier alpha value is -0.570. The molecule has 0 aliphatic heterocycles. The van der Waals surface area contributed by atoms with Gasteiger partial charge in [-0.15, -0.1) is 0 Å². The Morgan fingerprint density at radius 3 is 2.67 bits per heavy atom. The maximum absolute atomic E-state index is 11.2. The first-order chi connectivity index (χ1) is 7.09. The summed E-state index contributed by atoms with van der Waals surface area (Å²) < 4.78 is 5.79. The van der Waals surface area contributed by atoms with Crippen molar-refractivity contribution < 1.29 is 14.6 Å². The smallest absolute Gasteiger partial charge is 0.309 e. The molecular formula is C12H20O3. The van der Waals surface area contributed by atoms with Crippen LogP contribution in [0.3, 0.4) is 0 Å². The lowest BCUT2D eigenvalue weighted by Gasteiger charge is -2.28. The monoisotopic (exact) mass is 212 g/mol. The van der Waals surface area contributed by atoms with Crippen LogP contribution in [0.25, 0.3) is 0 Å². The van der Waals surface area contributed by atoms with Crippen LogP contribution >= 0.6 is 0 Å². The highest BCUT2D eigenvalue weighted by molar-refractivity contribution is 5.72. The molecule has 0 aromatic carbocycles. The molecule has 0 aromatic heterocycles. The summed E-state index contributed by atoms with van der Waals surface area (Å²) in [6.07, 6.45) is 3.31. The van der Waals surface area contributed by atoms with Crippen LogP contribution in [-0.4, -0.2) is 23.8 Å². The first-order valence-corrected chi connectivity index (χ1v) is 5.94. The summed E-state index contributed by atoms with van der Waals surface area (Å²) in [4.78, 5) is 11.2. The second kappa shape index (κ2) is 4.12. The Morgan fingerprint density at radius 2 is 2.07 bits per heavy atom. The number of carbonyl (C=O) groups is 1. The highest BCUT2D eigenvalue weighted by Gasteiger charge is 2.51. The number of carboxylic acids is 1. The van der Waals surface area contributed by atoms with E-state index in [4.69, 9.17) is 4.74 Å². The Balaban J connectivity index is 1.99. The van der Waals surface area contributed by atoms with Gasteiger partial charge in [0.05, 0.1) is 12.0 Å². The lowest BCUT2D eigenvalue weighted by Crippen LogP contribution is -2.36. The number of carboxylic acid groups (broad SMARTS) is 1. The molecule has 2 saturated carbocycles. The number of hydrogen-bond acceptors (Lipinski definition) is 2. The van der Waals surface area contributed by atoms with Crippen LogP contribution in [0.5, 0.6) is 0 Å². The molecule has 2 fully saturated rings. The van der Waals surface area contributed by atoms with Crippen molar-refractivity contribution in [2.45, 2.75) is 39.2 Å². The van der Waals surface area contributed by atoms with Crippen LogP contribution in [-0.2, 0) is 9.53 Å². The molecule has 86 valence electrons. The van der Waals surface area contributed by atoms with Gasteiger partial charge in [0.15, 0.2) is 0 Å². The summed E-state index contributed by atoms with van der Waals surface area (Å²) in [6, 6.07) is 0. The molecule has 4 unspecified atom stereocenters. The van der Waals surface area contributed by atoms with Gasteiger partial charge in [-0.2, -0.15) is 0 Å². The van der Waals surface area contributed by atoms with Gasteiger partial charge in [0.25, 0.3) is 0 Å². The van der Waals surface area contributed by atoms with E-state index in [9.17, 15) is 9.90 Å². The average molecular weight is 212 g/mol. The van der Waals surface area contributed by atoms with Crippen LogP contribution in [0.1, 0.15) is 33.1 Å². The largest absolute Gasteiger partial charge is 0.481 e. The minimum Gasteiger partial charge on any atom is -0.481 e. The molecule has 3 nitrogen and oxygen atoms in total. The third-order valence-corrected chi connectivity index (χ3v) is 3.75. The summed E-state index contributed by atoms with van der Waals surface area (Å²) in [6.45, 7) is 4.89. The fourth-order valence-corrected chi connectivity index (χ4v) is 3.12. The zero-order valence-corrected chi connectivity index (χ0v) is 9.48. The number of hydrogen-bond donors (Lipinski definition) is 1. The predicted octanol–water partition coefficient (Wildman–Crippen LogP) is 2.16. The van der Waals surface area contributed by atoms with Crippen LogP contribution in [0.2, 0.25) is 0 Å². The molecule has 0 saturated heterocycles. The highest BCUT2D eigenvalue weighted by atomic mass is 16.5. The topological polar surface area (TPSA) is 46.5 Å². The summed E-state index contributed by atoms with van der Waals surface area (Å²) in [7, 11) is 0. The van der Waals surface area contributed by atoms with Crippen molar-refractivity contribution in [1.82, 2.24) is 0 Å². The lowest BCUT2D eigenvalue weighted by atomic mass is 9.86. The predicted molar refractivity (Wildman–Crippen MR) is 56.5 cm³/mol. The molecule has 4 atom stereocenters. The van der Waals surface area contributed by atoms with E-state index >= 15 is 0 Å². The standard InChI is InChI=1S/C12H20O3/c1-7(2)6-15-11-9-4-3-8(5-9)10(11)12(13)14/h7-11H,3-6H2,1-2H3,(H,13,14). The van der Waals surface area contributed by atoms with Crippen LogP contribution < -0.4 is 0 Å². The Kier molecular flexibility index (Phi) is 3.01. The van der Waals surface area contributed by atoms with E-state index in [-0.39, 0.29) is 12.0 Å². The van der Waals surface area contributed by atoms with Crippen LogP contribution in [0.4, 0.5) is 0 Å². The molecule has 0 aromatic rings. The maximum atomic E-state index is 11.2. The van der Waals surface area contributed by atoms with Crippen LogP contribution in [0.15, 0.2) is 0 Å². The van der Waals surface area contributed by atoms with Crippen molar-refractivity contribution in [2.75, 3.05) is 6.61 Å². The average Bonchev–Trinajstić information content (AvgIpc) is 2.72. The first kappa shape index (κ1) is 10.9. The summed E-state index contributed by atoms with van der Waals surface area (Å²) in [5.74, 6) is 0.483. The van der Waals surface area contributed by atoms with Crippen molar-refractivity contribution in [3.63, 3.8) is 0 Å². The van der Waals surface area contributed by atoms with Gasteiger partial charge in [-0.1, -0.05) is 13.8 Å². The first-order valence-electron chi connectivity index (χ1n) is 5.94. The molecule has 0 spiro atoms. The second-order valence-corrected chi connectivity index (χ2v) is 5.39. The van der Waals surface area contributed by atoms with E-state index in [0.29, 0.717) is 24.4 Å². The van der Waals surface area contributed by atoms with Crippen LogP contribution in [0, 0.1) is 23.7 Å².